The number of hydrogen-bond acceptors (Lipinski definition) is 5. The summed E-state index contributed by atoms with van der Waals surface area (Å²) >= 11 is 0. The molecule has 168 valence electrons. The van der Waals surface area contributed by atoms with Gasteiger partial charge in [0, 0.05) is 11.8 Å². The molecule has 1 aliphatic rings. The average Bonchev–Trinajstić information content (AvgIpc) is 3.06. The second-order valence-corrected chi connectivity index (χ2v) is 8.02. The van der Waals surface area contributed by atoms with Crippen LogP contribution in [0, 0.1) is 13.8 Å². The van der Waals surface area contributed by atoms with Crippen LogP contribution in [0.4, 0.5) is 0 Å². The molecule has 33 heavy (non-hydrogen) atoms. The van der Waals surface area contributed by atoms with E-state index in [0.29, 0.717) is 23.6 Å². The highest BCUT2D eigenvalue weighted by Gasteiger charge is 2.46. The summed E-state index contributed by atoms with van der Waals surface area (Å²) in [6.07, 6.45) is 1.65. The lowest BCUT2D eigenvalue weighted by molar-refractivity contribution is -0.140. The maximum absolute atomic E-state index is 13.2. The largest absolute Gasteiger partial charge is 0.507 e. The average molecular weight is 443 g/mol. The fourth-order valence-corrected chi connectivity index (χ4v) is 4.20. The summed E-state index contributed by atoms with van der Waals surface area (Å²) in [6, 6.07) is 17.5. The number of ketones is 1. The molecule has 6 nitrogen and oxygen atoms in total. The molecule has 0 aliphatic carbocycles. The molecule has 0 radical (unpaired) electrons. The first-order valence-electron chi connectivity index (χ1n) is 10.9. The standard InChI is InChI=1S/C27H26N2O4/c1-4-33-22-13-12-19(15-18(22)3)25(30)23-24(21-11-6-5-9-17(21)2)29(27(32)26(23)31)16-20-10-7-8-14-28-20/h5-15,24,30H,4,16H2,1-3H3/b25-23+. The fraction of sp³-hybridized carbons (Fsp3) is 0.222. The Kier molecular flexibility index (Phi) is 6.27. The summed E-state index contributed by atoms with van der Waals surface area (Å²) in [4.78, 5) is 32.2. The minimum atomic E-state index is -0.722. The first-order valence-corrected chi connectivity index (χ1v) is 10.9. The summed E-state index contributed by atoms with van der Waals surface area (Å²) in [5.74, 6) is -0.849. The third kappa shape index (κ3) is 4.24. The van der Waals surface area contributed by atoms with E-state index in [1.54, 1.807) is 30.5 Å². The summed E-state index contributed by atoms with van der Waals surface area (Å²) in [6.45, 7) is 6.39. The first-order chi connectivity index (χ1) is 15.9. The molecule has 1 saturated heterocycles. The smallest absolute Gasteiger partial charge is 0.296 e. The minimum Gasteiger partial charge on any atom is -0.507 e. The number of likely N-dealkylation sites (tertiary alicyclic amines) is 1. The van der Waals surface area contributed by atoms with Crippen molar-refractivity contribution in [1.82, 2.24) is 9.88 Å². The Morgan fingerprint density at radius 2 is 1.79 bits per heavy atom. The second kappa shape index (κ2) is 9.28. The van der Waals surface area contributed by atoms with Gasteiger partial charge >= 0.3 is 0 Å². The molecule has 0 spiro atoms. The highest BCUT2D eigenvalue weighted by atomic mass is 16.5. The van der Waals surface area contributed by atoms with Gasteiger partial charge in [-0.15, -0.1) is 0 Å². The third-order valence-corrected chi connectivity index (χ3v) is 5.83. The predicted octanol–water partition coefficient (Wildman–Crippen LogP) is 4.72. The van der Waals surface area contributed by atoms with Gasteiger partial charge in [-0.05, 0) is 67.8 Å². The van der Waals surface area contributed by atoms with Gasteiger partial charge < -0.3 is 14.7 Å². The van der Waals surface area contributed by atoms with Gasteiger partial charge in [0.25, 0.3) is 11.7 Å². The topological polar surface area (TPSA) is 79.7 Å². The zero-order valence-electron chi connectivity index (χ0n) is 18.9. The van der Waals surface area contributed by atoms with Crippen molar-refractivity contribution >= 4 is 17.4 Å². The molecule has 1 aliphatic heterocycles. The van der Waals surface area contributed by atoms with Crippen LogP contribution in [0.25, 0.3) is 5.76 Å². The molecule has 1 fully saturated rings. The van der Waals surface area contributed by atoms with Crippen LogP contribution >= 0.6 is 0 Å². The van der Waals surface area contributed by atoms with Gasteiger partial charge in [0.15, 0.2) is 0 Å². The van der Waals surface area contributed by atoms with Crippen LogP contribution < -0.4 is 4.74 Å². The molecule has 2 aromatic carbocycles. The van der Waals surface area contributed by atoms with Crippen LogP contribution in [0.5, 0.6) is 5.75 Å². The number of ether oxygens (including phenoxy) is 1. The van der Waals surface area contributed by atoms with Crippen LogP contribution in [0.15, 0.2) is 72.4 Å². The molecule has 1 unspecified atom stereocenters. The number of aryl methyl sites for hydroxylation is 2. The molecule has 6 heteroatoms. The number of rotatable bonds is 6. The predicted molar refractivity (Wildman–Crippen MR) is 126 cm³/mol. The summed E-state index contributed by atoms with van der Waals surface area (Å²) in [7, 11) is 0. The first kappa shape index (κ1) is 22.3. The number of nitrogens with zero attached hydrogens (tertiary/aromatic N) is 2. The van der Waals surface area contributed by atoms with Crippen molar-refractivity contribution in [3.8, 4) is 5.75 Å². The minimum absolute atomic E-state index is 0.0776. The zero-order chi connectivity index (χ0) is 23.5. The van der Waals surface area contributed by atoms with E-state index in [9.17, 15) is 14.7 Å². The summed E-state index contributed by atoms with van der Waals surface area (Å²) < 4.78 is 5.59. The van der Waals surface area contributed by atoms with Gasteiger partial charge in [0.1, 0.15) is 11.5 Å². The molecule has 1 amide bonds. The van der Waals surface area contributed by atoms with Gasteiger partial charge in [-0.1, -0.05) is 30.3 Å². The Hall–Kier alpha value is -3.93. The van der Waals surface area contributed by atoms with Crippen LogP contribution in [0.1, 0.15) is 40.9 Å². The fourth-order valence-electron chi connectivity index (χ4n) is 4.20. The van der Waals surface area contributed by atoms with E-state index in [1.807, 2.05) is 57.2 Å². The van der Waals surface area contributed by atoms with Crippen molar-refractivity contribution in [2.24, 2.45) is 0 Å². The lowest BCUT2D eigenvalue weighted by Crippen LogP contribution is -2.29. The van der Waals surface area contributed by atoms with Gasteiger partial charge in [0.05, 0.1) is 30.5 Å². The SMILES string of the molecule is CCOc1ccc(/C(O)=C2\C(=O)C(=O)N(Cc3ccccn3)C2c2ccccc2C)cc1C. The van der Waals surface area contributed by atoms with Crippen molar-refractivity contribution in [3.63, 3.8) is 0 Å². The lowest BCUT2D eigenvalue weighted by atomic mass is 9.92. The number of carbonyl (C=O) groups excluding carboxylic acids is 2. The number of amides is 1. The van der Waals surface area contributed by atoms with Crippen LogP contribution in [0.2, 0.25) is 0 Å². The number of carbonyl (C=O) groups is 2. The number of hydrogen-bond donors (Lipinski definition) is 1. The Balaban J connectivity index is 1.86. The summed E-state index contributed by atoms with van der Waals surface area (Å²) in [5, 5.41) is 11.3. The van der Waals surface area contributed by atoms with E-state index in [2.05, 4.69) is 4.98 Å². The maximum Gasteiger partial charge on any atom is 0.296 e. The van der Waals surface area contributed by atoms with Crippen molar-refractivity contribution in [3.05, 3.63) is 100 Å². The van der Waals surface area contributed by atoms with Crippen LogP contribution in [0.3, 0.4) is 0 Å². The molecule has 1 aromatic heterocycles. The third-order valence-electron chi connectivity index (χ3n) is 5.83. The molecule has 3 aromatic rings. The Labute approximate surface area is 193 Å². The number of aliphatic hydroxyl groups excluding tert-OH is 1. The number of Topliss-reactive ketones (excluding diaryl/α,β-unsaturated/α-hetero) is 1. The normalized spacial score (nSPS) is 17.4. The van der Waals surface area contributed by atoms with Gasteiger partial charge in [0.2, 0.25) is 0 Å². The van der Waals surface area contributed by atoms with Gasteiger partial charge in [-0.3, -0.25) is 14.6 Å². The van der Waals surface area contributed by atoms with Crippen molar-refractivity contribution in [2.75, 3.05) is 6.61 Å². The van der Waals surface area contributed by atoms with Crippen molar-refractivity contribution in [2.45, 2.75) is 33.4 Å². The number of benzene rings is 2. The van der Waals surface area contributed by atoms with E-state index in [4.69, 9.17) is 4.74 Å². The van der Waals surface area contributed by atoms with Crippen molar-refractivity contribution < 1.29 is 19.4 Å². The molecule has 0 saturated carbocycles. The van der Waals surface area contributed by atoms with Crippen LogP contribution in [-0.2, 0) is 16.1 Å². The second-order valence-electron chi connectivity index (χ2n) is 8.02. The zero-order valence-corrected chi connectivity index (χ0v) is 18.9. The van der Waals surface area contributed by atoms with Crippen molar-refractivity contribution in [1.29, 1.82) is 0 Å². The Morgan fingerprint density at radius 3 is 2.45 bits per heavy atom. The van der Waals surface area contributed by atoms with E-state index in [0.717, 1.165) is 16.7 Å². The van der Waals surface area contributed by atoms with E-state index in [1.165, 1.54) is 4.90 Å². The van der Waals surface area contributed by atoms with Gasteiger partial charge in [-0.2, -0.15) is 0 Å². The molecule has 4 rings (SSSR count). The molecular formula is C27H26N2O4. The molecule has 1 atom stereocenters. The van der Waals surface area contributed by atoms with E-state index >= 15 is 0 Å². The highest BCUT2D eigenvalue weighted by Crippen LogP contribution is 2.41. The molecule has 0 bridgehead atoms. The Morgan fingerprint density at radius 1 is 1.03 bits per heavy atom. The Bertz CT molecular complexity index is 1230. The number of aromatic nitrogens is 1. The number of pyridine rings is 1. The van der Waals surface area contributed by atoms with E-state index in [-0.39, 0.29) is 17.9 Å². The van der Waals surface area contributed by atoms with Crippen LogP contribution in [-0.4, -0.2) is 33.3 Å². The quantitative estimate of drug-likeness (QED) is 0.339. The molecule has 1 N–H and O–H groups in total. The molecule has 2 heterocycles. The number of aliphatic hydroxyl groups is 1. The summed E-state index contributed by atoms with van der Waals surface area (Å²) in [5.41, 5.74) is 3.74. The highest BCUT2D eigenvalue weighted by molar-refractivity contribution is 6.46. The van der Waals surface area contributed by atoms with E-state index < -0.39 is 17.7 Å². The molecular weight excluding hydrogens is 416 g/mol. The lowest BCUT2D eigenvalue weighted by Gasteiger charge is -2.26. The maximum atomic E-state index is 13.2. The van der Waals surface area contributed by atoms with Gasteiger partial charge in [-0.25, -0.2) is 0 Å². The monoisotopic (exact) mass is 442 g/mol.